The molecule has 1 N–H and O–H groups in total. The summed E-state index contributed by atoms with van der Waals surface area (Å²) >= 11 is 0. The fourth-order valence-corrected chi connectivity index (χ4v) is 7.37. The molecule has 32 heavy (non-hydrogen) atoms. The molecule has 0 bridgehead atoms. The maximum atomic E-state index is 13.1. The monoisotopic (exact) mass is 472 g/mol. The number of carbonyl (C=O) groups excluding carboxylic acids is 1. The number of rotatable bonds is 6. The van der Waals surface area contributed by atoms with Gasteiger partial charge in [-0.2, -0.15) is 17.0 Å². The summed E-state index contributed by atoms with van der Waals surface area (Å²) in [6.45, 7) is 8.86. The Hall–Kier alpha value is -0.780. The van der Waals surface area contributed by atoms with Gasteiger partial charge >= 0.3 is 0 Å². The van der Waals surface area contributed by atoms with Gasteiger partial charge < -0.3 is 14.8 Å². The van der Waals surface area contributed by atoms with E-state index in [4.69, 9.17) is 9.47 Å². The zero-order valence-electron chi connectivity index (χ0n) is 19.6. The van der Waals surface area contributed by atoms with E-state index in [-0.39, 0.29) is 11.8 Å². The van der Waals surface area contributed by atoms with Crippen LogP contribution in [0.5, 0.6) is 0 Å². The van der Waals surface area contributed by atoms with Crippen molar-refractivity contribution in [1.29, 1.82) is 0 Å². The second-order valence-electron chi connectivity index (χ2n) is 9.85. The number of piperidine rings is 3. The molecule has 0 aromatic rings. The third kappa shape index (κ3) is 5.31. The van der Waals surface area contributed by atoms with Crippen molar-refractivity contribution in [1.82, 2.24) is 18.8 Å². The summed E-state index contributed by atoms with van der Waals surface area (Å²) < 4.78 is 40.7. The van der Waals surface area contributed by atoms with E-state index in [9.17, 15) is 13.2 Å². The van der Waals surface area contributed by atoms with Gasteiger partial charge in [0.1, 0.15) is 0 Å². The Labute approximate surface area is 192 Å². The van der Waals surface area contributed by atoms with Crippen LogP contribution in [0.3, 0.4) is 0 Å². The molecule has 0 aliphatic carbocycles. The van der Waals surface area contributed by atoms with Crippen LogP contribution in [0.15, 0.2) is 0 Å². The topological polar surface area (TPSA) is 91.4 Å². The minimum atomic E-state index is -3.51. The van der Waals surface area contributed by atoms with Crippen molar-refractivity contribution < 1.29 is 22.7 Å². The lowest BCUT2D eigenvalue weighted by atomic mass is 9.97. The quantitative estimate of drug-likeness (QED) is 0.624. The summed E-state index contributed by atoms with van der Waals surface area (Å²) in [6.07, 6.45) is 6.02. The number of amides is 1. The van der Waals surface area contributed by atoms with Crippen LogP contribution in [0.4, 0.5) is 0 Å². The van der Waals surface area contributed by atoms with E-state index in [0.29, 0.717) is 83.7 Å². The predicted octanol–water partition coefficient (Wildman–Crippen LogP) is 1.16. The molecule has 184 valence electrons. The lowest BCUT2D eigenvalue weighted by Crippen LogP contribution is -2.53. The van der Waals surface area contributed by atoms with Gasteiger partial charge in [-0.3, -0.25) is 9.69 Å². The van der Waals surface area contributed by atoms with Gasteiger partial charge in [-0.15, -0.1) is 0 Å². The molecule has 4 saturated heterocycles. The Morgan fingerprint density at radius 2 is 1.50 bits per heavy atom. The van der Waals surface area contributed by atoms with Crippen molar-refractivity contribution in [3.05, 3.63) is 0 Å². The Bertz CT molecular complexity index is 729. The van der Waals surface area contributed by atoms with Crippen LogP contribution in [-0.4, -0.2) is 98.2 Å². The van der Waals surface area contributed by atoms with Gasteiger partial charge in [0, 0.05) is 70.1 Å². The molecule has 9 nitrogen and oxygen atoms in total. The number of carbonyl (C=O) groups is 1. The first-order valence-corrected chi connectivity index (χ1v) is 13.8. The summed E-state index contributed by atoms with van der Waals surface area (Å²) in [4.78, 5) is 15.2. The van der Waals surface area contributed by atoms with E-state index < -0.39 is 16.0 Å². The van der Waals surface area contributed by atoms with Crippen molar-refractivity contribution >= 4 is 16.1 Å². The van der Waals surface area contributed by atoms with Crippen LogP contribution in [0, 0.1) is 5.92 Å². The van der Waals surface area contributed by atoms with Crippen LogP contribution in [-0.2, 0) is 24.5 Å². The molecule has 0 aromatic carbocycles. The summed E-state index contributed by atoms with van der Waals surface area (Å²) in [5, 5.41) is 3.10. The van der Waals surface area contributed by atoms with Gasteiger partial charge in [0.05, 0.1) is 13.2 Å². The zero-order valence-corrected chi connectivity index (χ0v) is 20.4. The molecule has 2 unspecified atom stereocenters. The molecule has 4 rings (SSSR count). The van der Waals surface area contributed by atoms with Crippen LogP contribution in [0.25, 0.3) is 0 Å². The Morgan fingerprint density at radius 1 is 0.938 bits per heavy atom. The van der Waals surface area contributed by atoms with Gasteiger partial charge in [-0.1, -0.05) is 6.42 Å². The van der Waals surface area contributed by atoms with Gasteiger partial charge in [0.25, 0.3) is 10.2 Å². The van der Waals surface area contributed by atoms with E-state index >= 15 is 0 Å². The fourth-order valence-electron chi connectivity index (χ4n) is 5.72. The van der Waals surface area contributed by atoms with Crippen LogP contribution < -0.4 is 5.32 Å². The van der Waals surface area contributed by atoms with E-state index in [1.807, 2.05) is 0 Å². The van der Waals surface area contributed by atoms with Crippen molar-refractivity contribution in [2.45, 2.75) is 76.7 Å². The highest BCUT2D eigenvalue weighted by Gasteiger charge is 2.44. The van der Waals surface area contributed by atoms with Crippen LogP contribution in [0.2, 0.25) is 0 Å². The first kappa shape index (κ1) is 24.3. The smallest absolute Gasteiger partial charge is 0.281 e. The minimum Gasteiger partial charge on any atom is -0.355 e. The SMILES string of the molecule is CC1CCCC(C)N1CCNC(=O)C1CCN(S(=O)(=O)N2CCC3(CC2)OCCO3)CC1. The van der Waals surface area contributed by atoms with Crippen molar-refractivity contribution in [2.75, 3.05) is 52.5 Å². The molecule has 4 fully saturated rings. The molecule has 1 amide bonds. The van der Waals surface area contributed by atoms with E-state index in [1.54, 1.807) is 8.61 Å². The standard InChI is InChI=1S/C22H40N4O5S/c1-18-4-3-5-19(2)26(18)15-10-23-21(27)20-6-11-24(12-7-20)32(28,29)25-13-8-22(9-14-25)30-16-17-31-22/h18-20H,3-17H2,1-2H3,(H,23,27). The summed E-state index contributed by atoms with van der Waals surface area (Å²) in [7, 11) is -3.51. The molecule has 0 saturated carbocycles. The molecule has 0 aromatic heterocycles. The second kappa shape index (κ2) is 10.2. The van der Waals surface area contributed by atoms with Crippen molar-refractivity contribution in [3.8, 4) is 0 Å². The largest absolute Gasteiger partial charge is 0.355 e. The second-order valence-corrected chi connectivity index (χ2v) is 11.8. The number of nitrogens with zero attached hydrogens (tertiary/aromatic N) is 3. The molecule has 0 radical (unpaired) electrons. The number of hydrogen-bond donors (Lipinski definition) is 1. The average molecular weight is 473 g/mol. The first-order valence-electron chi connectivity index (χ1n) is 12.4. The molecule has 4 heterocycles. The number of nitrogens with one attached hydrogen (secondary N) is 1. The van der Waals surface area contributed by atoms with Crippen molar-refractivity contribution in [3.63, 3.8) is 0 Å². The first-order chi connectivity index (χ1) is 15.3. The van der Waals surface area contributed by atoms with Crippen molar-refractivity contribution in [2.24, 2.45) is 5.92 Å². The Balaban J connectivity index is 1.20. The van der Waals surface area contributed by atoms with Gasteiger partial charge in [-0.25, -0.2) is 0 Å². The molecular weight excluding hydrogens is 432 g/mol. The fraction of sp³-hybridized carbons (Fsp3) is 0.955. The Kier molecular flexibility index (Phi) is 7.78. The van der Waals surface area contributed by atoms with E-state index in [0.717, 1.165) is 6.54 Å². The van der Waals surface area contributed by atoms with Crippen LogP contribution >= 0.6 is 0 Å². The average Bonchev–Trinajstić information content (AvgIpc) is 3.24. The summed E-state index contributed by atoms with van der Waals surface area (Å²) in [5.41, 5.74) is 0. The third-order valence-electron chi connectivity index (χ3n) is 7.82. The molecule has 2 atom stereocenters. The molecular formula is C22H40N4O5S. The van der Waals surface area contributed by atoms with Gasteiger partial charge in [0.2, 0.25) is 5.91 Å². The summed E-state index contributed by atoms with van der Waals surface area (Å²) in [6, 6.07) is 1.14. The predicted molar refractivity (Wildman–Crippen MR) is 121 cm³/mol. The molecule has 1 spiro atoms. The van der Waals surface area contributed by atoms with Gasteiger partial charge in [0.15, 0.2) is 5.79 Å². The molecule has 4 aliphatic rings. The maximum Gasteiger partial charge on any atom is 0.281 e. The molecule has 10 heteroatoms. The summed E-state index contributed by atoms with van der Waals surface area (Å²) in [5.74, 6) is -0.627. The lowest BCUT2D eigenvalue weighted by molar-refractivity contribution is -0.179. The minimum absolute atomic E-state index is 0.0646. The highest BCUT2D eigenvalue weighted by Crippen LogP contribution is 2.33. The zero-order chi connectivity index (χ0) is 22.8. The highest BCUT2D eigenvalue weighted by molar-refractivity contribution is 7.86. The highest BCUT2D eigenvalue weighted by atomic mass is 32.2. The van der Waals surface area contributed by atoms with E-state index in [2.05, 4.69) is 24.1 Å². The third-order valence-corrected chi connectivity index (χ3v) is 9.86. The van der Waals surface area contributed by atoms with Crippen LogP contribution in [0.1, 0.15) is 58.8 Å². The Morgan fingerprint density at radius 3 is 2.09 bits per heavy atom. The maximum absolute atomic E-state index is 13.1. The normalized spacial score (nSPS) is 31.2. The number of hydrogen-bond acceptors (Lipinski definition) is 6. The lowest BCUT2D eigenvalue weighted by Gasteiger charge is -2.40. The van der Waals surface area contributed by atoms with Gasteiger partial charge in [-0.05, 0) is 39.5 Å². The van der Waals surface area contributed by atoms with E-state index in [1.165, 1.54) is 19.3 Å². The molecule has 4 aliphatic heterocycles. The number of likely N-dealkylation sites (tertiary alicyclic amines) is 1. The number of ether oxygens (including phenoxy) is 2.